The third-order valence-corrected chi connectivity index (χ3v) is 3.41. The van der Waals surface area contributed by atoms with Crippen molar-refractivity contribution in [3.05, 3.63) is 74.3 Å². The van der Waals surface area contributed by atoms with Crippen LogP contribution < -0.4 is 5.32 Å². The first-order valence-corrected chi connectivity index (χ1v) is 6.90. The van der Waals surface area contributed by atoms with Crippen LogP contribution in [0.4, 0.5) is 11.4 Å². The topological polar surface area (TPSA) is 72.2 Å². The maximum atomic E-state index is 11.8. The van der Waals surface area contributed by atoms with Gasteiger partial charge in [-0.15, -0.1) is 0 Å². The van der Waals surface area contributed by atoms with Gasteiger partial charge < -0.3 is 5.32 Å². The third-order valence-electron chi connectivity index (χ3n) is 2.75. The van der Waals surface area contributed by atoms with Gasteiger partial charge in [0.15, 0.2) is 0 Å². The number of rotatable bonds is 4. The van der Waals surface area contributed by atoms with E-state index in [1.54, 1.807) is 18.2 Å². The van der Waals surface area contributed by atoms with E-state index in [2.05, 4.69) is 5.32 Å². The number of anilines is 1. The minimum Gasteiger partial charge on any atom is -0.323 e. The van der Waals surface area contributed by atoms with Gasteiger partial charge in [0.25, 0.3) is 5.69 Å². The molecule has 1 N–H and O–H groups in total. The van der Waals surface area contributed by atoms with Gasteiger partial charge in [0.1, 0.15) is 0 Å². The first kappa shape index (κ1) is 16.0. The third kappa shape index (κ3) is 4.07. The maximum Gasteiger partial charge on any atom is 0.269 e. The molecule has 0 saturated carbocycles. The van der Waals surface area contributed by atoms with Gasteiger partial charge in [0.2, 0.25) is 5.91 Å². The molecule has 2 aromatic carbocycles. The summed E-state index contributed by atoms with van der Waals surface area (Å²) in [5.41, 5.74) is 0.951. The number of nitrogens with zero attached hydrogens (tertiary/aromatic N) is 1. The van der Waals surface area contributed by atoms with Crippen LogP contribution in [0.5, 0.6) is 0 Å². The SMILES string of the molecule is O=C(/C=C/c1c(Cl)cccc1Cl)Nc1ccc([N+](=O)[O-])cc1. The number of benzene rings is 2. The van der Waals surface area contributed by atoms with Crippen molar-refractivity contribution in [1.29, 1.82) is 0 Å². The number of nitrogens with one attached hydrogen (secondary N) is 1. The Kier molecular flexibility index (Phi) is 5.14. The summed E-state index contributed by atoms with van der Waals surface area (Å²) < 4.78 is 0. The smallest absolute Gasteiger partial charge is 0.269 e. The van der Waals surface area contributed by atoms with E-state index in [1.807, 2.05) is 0 Å². The number of carbonyl (C=O) groups is 1. The number of halogens is 2. The molecule has 2 aromatic rings. The Morgan fingerprint density at radius 1 is 1.09 bits per heavy atom. The highest BCUT2D eigenvalue weighted by molar-refractivity contribution is 6.37. The van der Waals surface area contributed by atoms with Crippen molar-refractivity contribution < 1.29 is 9.72 Å². The van der Waals surface area contributed by atoms with Gasteiger partial charge in [-0.05, 0) is 30.3 Å². The van der Waals surface area contributed by atoms with Crippen molar-refractivity contribution in [1.82, 2.24) is 0 Å². The van der Waals surface area contributed by atoms with Crippen LogP contribution in [0.1, 0.15) is 5.56 Å². The van der Waals surface area contributed by atoms with Crippen LogP contribution in [0.2, 0.25) is 10.0 Å². The maximum absolute atomic E-state index is 11.8. The lowest BCUT2D eigenvalue weighted by atomic mass is 10.2. The Balaban J connectivity index is 2.06. The molecule has 5 nitrogen and oxygen atoms in total. The van der Waals surface area contributed by atoms with Gasteiger partial charge in [-0.2, -0.15) is 0 Å². The van der Waals surface area contributed by atoms with Crippen molar-refractivity contribution in [3.63, 3.8) is 0 Å². The van der Waals surface area contributed by atoms with Crippen molar-refractivity contribution in [2.45, 2.75) is 0 Å². The van der Waals surface area contributed by atoms with E-state index in [9.17, 15) is 14.9 Å². The van der Waals surface area contributed by atoms with Crippen molar-refractivity contribution >= 4 is 46.6 Å². The van der Waals surface area contributed by atoms with Crippen molar-refractivity contribution in [2.24, 2.45) is 0 Å². The van der Waals surface area contributed by atoms with Crippen LogP contribution in [0.25, 0.3) is 6.08 Å². The minimum atomic E-state index is -0.509. The van der Waals surface area contributed by atoms with Crippen LogP contribution in [-0.2, 0) is 4.79 Å². The van der Waals surface area contributed by atoms with E-state index >= 15 is 0 Å². The number of nitro groups is 1. The van der Waals surface area contributed by atoms with E-state index < -0.39 is 10.8 Å². The molecule has 0 bridgehead atoms. The normalized spacial score (nSPS) is 10.6. The first-order valence-electron chi connectivity index (χ1n) is 6.15. The van der Waals surface area contributed by atoms with Gasteiger partial charge in [0.05, 0.1) is 4.92 Å². The molecule has 0 aliphatic rings. The summed E-state index contributed by atoms with van der Waals surface area (Å²) in [5.74, 6) is -0.398. The zero-order valence-electron chi connectivity index (χ0n) is 11.1. The molecule has 0 aliphatic heterocycles. The summed E-state index contributed by atoms with van der Waals surface area (Å²) in [4.78, 5) is 21.8. The first-order chi connectivity index (χ1) is 10.5. The summed E-state index contributed by atoms with van der Waals surface area (Å²) in [6.07, 6.45) is 2.79. The minimum absolute atomic E-state index is 0.0450. The monoisotopic (exact) mass is 336 g/mol. The van der Waals surface area contributed by atoms with Crippen LogP contribution in [-0.4, -0.2) is 10.8 Å². The highest BCUT2D eigenvalue weighted by Crippen LogP contribution is 2.25. The lowest BCUT2D eigenvalue weighted by Crippen LogP contribution is -2.07. The summed E-state index contributed by atoms with van der Waals surface area (Å²) in [7, 11) is 0. The molecule has 0 unspecified atom stereocenters. The molecule has 0 saturated heterocycles. The highest BCUT2D eigenvalue weighted by Gasteiger charge is 2.06. The summed E-state index contributed by atoms with van der Waals surface area (Å²) >= 11 is 12.0. The molecule has 112 valence electrons. The molecule has 0 atom stereocenters. The standard InChI is InChI=1S/C15H10Cl2N2O3/c16-13-2-1-3-14(17)12(13)8-9-15(20)18-10-4-6-11(7-5-10)19(21)22/h1-9H,(H,18,20)/b9-8+. The highest BCUT2D eigenvalue weighted by atomic mass is 35.5. The molecule has 0 heterocycles. The van der Waals surface area contributed by atoms with Crippen LogP contribution >= 0.6 is 23.2 Å². The molecule has 7 heteroatoms. The van der Waals surface area contributed by atoms with Crippen LogP contribution in [0.3, 0.4) is 0 Å². The van der Waals surface area contributed by atoms with Crippen molar-refractivity contribution in [3.8, 4) is 0 Å². The molecular formula is C15H10Cl2N2O3. The lowest BCUT2D eigenvalue weighted by Gasteiger charge is -2.03. The number of amides is 1. The van der Waals surface area contributed by atoms with Gasteiger partial charge in [0, 0.05) is 39.5 Å². The van der Waals surface area contributed by atoms with E-state index in [1.165, 1.54) is 36.4 Å². The largest absolute Gasteiger partial charge is 0.323 e. The van der Waals surface area contributed by atoms with Crippen LogP contribution in [0, 0.1) is 10.1 Å². The van der Waals surface area contributed by atoms with E-state index in [4.69, 9.17) is 23.2 Å². The molecule has 0 aliphatic carbocycles. The van der Waals surface area contributed by atoms with Gasteiger partial charge in [-0.3, -0.25) is 14.9 Å². The van der Waals surface area contributed by atoms with Crippen molar-refractivity contribution in [2.75, 3.05) is 5.32 Å². The number of nitro benzene ring substituents is 1. The molecule has 2 rings (SSSR count). The number of non-ortho nitro benzene ring substituents is 1. The summed E-state index contributed by atoms with van der Waals surface area (Å²) in [6.45, 7) is 0. The Labute approximate surface area is 136 Å². The molecule has 1 amide bonds. The Morgan fingerprint density at radius 3 is 2.23 bits per heavy atom. The van der Waals surface area contributed by atoms with E-state index in [-0.39, 0.29) is 5.69 Å². The van der Waals surface area contributed by atoms with Gasteiger partial charge in [-0.25, -0.2) is 0 Å². The quantitative estimate of drug-likeness (QED) is 0.505. The summed E-state index contributed by atoms with van der Waals surface area (Å²) in [6, 6.07) is 10.6. The predicted octanol–water partition coefficient (Wildman–Crippen LogP) is 4.55. The molecule has 0 spiro atoms. The average molecular weight is 337 g/mol. The second kappa shape index (κ2) is 7.06. The fourth-order valence-electron chi connectivity index (χ4n) is 1.68. The Morgan fingerprint density at radius 2 is 1.68 bits per heavy atom. The zero-order valence-corrected chi connectivity index (χ0v) is 12.6. The number of hydrogen-bond acceptors (Lipinski definition) is 3. The molecule has 22 heavy (non-hydrogen) atoms. The molecular weight excluding hydrogens is 327 g/mol. The fraction of sp³-hybridized carbons (Fsp3) is 0. The molecule has 0 radical (unpaired) electrons. The Hall–Kier alpha value is -2.37. The Bertz CT molecular complexity index is 723. The zero-order chi connectivity index (χ0) is 16.1. The molecule has 0 aromatic heterocycles. The second-order valence-corrected chi connectivity index (χ2v) is 5.08. The predicted molar refractivity (Wildman–Crippen MR) is 87.2 cm³/mol. The van der Waals surface area contributed by atoms with Gasteiger partial charge in [-0.1, -0.05) is 29.3 Å². The fourth-order valence-corrected chi connectivity index (χ4v) is 2.20. The van der Waals surface area contributed by atoms with Crippen LogP contribution in [0.15, 0.2) is 48.5 Å². The molecule has 0 fully saturated rings. The van der Waals surface area contributed by atoms with Gasteiger partial charge >= 0.3 is 0 Å². The summed E-state index contributed by atoms with van der Waals surface area (Å²) in [5, 5.41) is 14.0. The number of hydrogen-bond donors (Lipinski definition) is 1. The number of carbonyl (C=O) groups excluding carboxylic acids is 1. The average Bonchev–Trinajstić information content (AvgIpc) is 2.47. The van der Waals surface area contributed by atoms with E-state index in [0.29, 0.717) is 21.3 Å². The van der Waals surface area contributed by atoms with E-state index in [0.717, 1.165) is 0 Å². The lowest BCUT2D eigenvalue weighted by molar-refractivity contribution is -0.384. The second-order valence-electron chi connectivity index (χ2n) is 4.26.